The Labute approximate surface area is 182 Å². The Morgan fingerprint density at radius 3 is 2.03 bits per heavy atom. The molecule has 0 N–H and O–H groups in total. The Kier molecular flexibility index (Phi) is 5.85. The van der Waals surface area contributed by atoms with Crippen LogP contribution in [0.4, 0.5) is 5.69 Å². The second-order valence-electron chi connectivity index (χ2n) is 7.34. The molecule has 0 spiro atoms. The normalized spacial score (nSPS) is 13.7. The lowest BCUT2D eigenvalue weighted by atomic mass is 10.0. The second-order valence-corrected chi connectivity index (χ2v) is 7.34. The molecule has 5 nitrogen and oxygen atoms in total. The average molecular weight is 412 g/mol. The molecule has 0 aliphatic carbocycles. The van der Waals surface area contributed by atoms with Crippen LogP contribution < -0.4 is 9.64 Å². The molecule has 1 heterocycles. The van der Waals surface area contributed by atoms with Crippen LogP contribution in [-0.2, 0) is 16.0 Å². The van der Waals surface area contributed by atoms with Crippen LogP contribution >= 0.6 is 0 Å². The van der Waals surface area contributed by atoms with E-state index in [1.807, 2.05) is 79.8 Å². The Hall–Kier alpha value is -3.86. The maximum absolute atomic E-state index is 13.4. The van der Waals surface area contributed by atoms with Gasteiger partial charge in [-0.25, -0.2) is 0 Å². The molecule has 4 rings (SSSR count). The summed E-state index contributed by atoms with van der Waals surface area (Å²) in [7, 11) is 3.42. The zero-order valence-corrected chi connectivity index (χ0v) is 17.6. The molecule has 1 aliphatic rings. The molecule has 0 saturated heterocycles. The summed E-state index contributed by atoms with van der Waals surface area (Å²) >= 11 is 0. The van der Waals surface area contributed by atoms with Crippen molar-refractivity contribution in [3.63, 3.8) is 0 Å². The van der Waals surface area contributed by atoms with Gasteiger partial charge in [0, 0.05) is 19.3 Å². The zero-order valence-electron chi connectivity index (χ0n) is 17.6. The lowest BCUT2D eigenvalue weighted by Crippen LogP contribution is -2.35. The van der Waals surface area contributed by atoms with Gasteiger partial charge in [0.25, 0.3) is 11.8 Å². The third-order valence-electron chi connectivity index (χ3n) is 5.47. The summed E-state index contributed by atoms with van der Waals surface area (Å²) in [6.45, 7) is 0.327. The summed E-state index contributed by atoms with van der Waals surface area (Å²) in [5.41, 5.74) is 3.41. The summed E-state index contributed by atoms with van der Waals surface area (Å²) < 4.78 is 5.24. The molecular formula is C26H24N2O3. The molecule has 5 heteroatoms. The average Bonchev–Trinajstić information content (AvgIpc) is 3.08. The maximum Gasteiger partial charge on any atom is 0.278 e. The number of rotatable bonds is 7. The highest BCUT2D eigenvalue weighted by molar-refractivity contribution is 6.36. The van der Waals surface area contributed by atoms with Gasteiger partial charge in [0.2, 0.25) is 0 Å². The number of hydrogen-bond acceptors (Lipinski definition) is 4. The smallest absolute Gasteiger partial charge is 0.278 e. The second kappa shape index (κ2) is 8.88. The molecule has 0 radical (unpaired) electrons. The predicted molar refractivity (Wildman–Crippen MR) is 122 cm³/mol. The first-order chi connectivity index (χ1) is 15.1. The number of nitrogens with zero attached hydrogens (tertiary/aromatic N) is 2. The molecule has 0 saturated carbocycles. The molecule has 1 aliphatic heterocycles. The van der Waals surface area contributed by atoms with Gasteiger partial charge in [-0.1, -0.05) is 60.7 Å². The Morgan fingerprint density at radius 1 is 0.806 bits per heavy atom. The summed E-state index contributed by atoms with van der Waals surface area (Å²) in [6.07, 6.45) is 0.608. The number of amides is 2. The minimum atomic E-state index is -0.280. The Morgan fingerprint density at radius 2 is 1.42 bits per heavy atom. The van der Waals surface area contributed by atoms with Crippen LogP contribution in [0.1, 0.15) is 11.1 Å². The van der Waals surface area contributed by atoms with E-state index in [0.29, 0.717) is 35.5 Å². The van der Waals surface area contributed by atoms with Crippen molar-refractivity contribution in [2.75, 3.05) is 25.6 Å². The van der Waals surface area contributed by atoms with Crippen LogP contribution in [0, 0.1) is 0 Å². The standard InChI is InChI=1S/C26H24N2O3/c1-27(21-11-7-4-8-12-21)24-23(20-13-15-22(31-2)16-14-20)25(29)28(26(24)30)18-17-19-9-5-3-6-10-19/h3-16H,17-18H2,1-2H3. The number of likely N-dealkylation sites (N-methyl/N-ethyl adjacent to an activating group) is 1. The van der Waals surface area contributed by atoms with Gasteiger partial charge in [-0.3, -0.25) is 14.5 Å². The van der Waals surface area contributed by atoms with E-state index in [9.17, 15) is 9.59 Å². The van der Waals surface area contributed by atoms with E-state index in [-0.39, 0.29) is 11.8 Å². The van der Waals surface area contributed by atoms with Gasteiger partial charge in [-0.05, 0) is 41.8 Å². The highest BCUT2D eigenvalue weighted by atomic mass is 16.5. The number of anilines is 1. The monoisotopic (exact) mass is 412 g/mol. The molecule has 0 unspecified atom stereocenters. The first-order valence-corrected chi connectivity index (χ1v) is 10.2. The largest absolute Gasteiger partial charge is 0.497 e. The third kappa shape index (κ3) is 4.08. The van der Waals surface area contributed by atoms with Gasteiger partial charge in [0.05, 0.1) is 12.7 Å². The number of carbonyl (C=O) groups is 2. The molecule has 0 aromatic heterocycles. The van der Waals surface area contributed by atoms with Crippen LogP contribution in [0.3, 0.4) is 0 Å². The summed E-state index contributed by atoms with van der Waals surface area (Å²) in [4.78, 5) is 30.0. The third-order valence-corrected chi connectivity index (χ3v) is 5.47. The number of benzene rings is 3. The number of para-hydroxylation sites is 1. The summed E-state index contributed by atoms with van der Waals surface area (Å²) in [6, 6.07) is 26.7. The van der Waals surface area contributed by atoms with E-state index in [4.69, 9.17) is 4.74 Å². The van der Waals surface area contributed by atoms with Crippen LogP contribution in [0.15, 0.2) is 90.6 Å². The molecule has 2 amide bonds. The van der Waals surface area contributed by atoms with Gasteiger partial charge in [0.15, 0.2) is 0 Å². The SMILES string of the molecule is COc1ccc(C2=C(N(C)c3ccccc3)C(=O)N(CCc3ccccc3)C2=O)cc1. The van der Waals surface area contributed by atoms with E-state index in [2.05, 4.69) is 0 Å². The van der Waals surface area contributed by atoms with Crippen LogP contribution in [0.5, 0.6) is 5.75 Å². The molecule has 0 bridgehead atoms. The van der Waals surface area contributed by atoms with Crippen molar-refractivity contribution in [3.8, 4) is 5.75 Å². The fourth-order valence-electron chi connectivity index (χ4n) is 3.76. The fraction of sp³-hybridized carbons (Fsp3) is 0.154. The van der Waals surface area contributed by atoms with E-state index in [0.717, 1.165) is 11.3 Å². The van der Waals surface area contributed by atoms with E-state index < -0.39 is 0 Å². The first-order valence-electron chi connectivity index (χ1n) is 10.2. The van der Waals surface area contributed by atoms with Crippen LogP contribution in [0.2, 0.25) is 0 Å². The predicted octanol–water partition coefficient (Wildman–Crippen LogP) is 4.15. The summed E-state index contributed by atoms with van der Waals surface area (Å²) in [5, 5.41) is 0. The fourth-order valence-corrected chi connectivity index (χ4v) is 3.76. The van der Waals surface area contributed by atoms with Crippen LogP contribution in [0.25, 0.3) is 5.57 Å². The van der Waals surface area contributed by atoms with Gasteiger partial charge in [-0.15, -0.1) is 0 Å². The van der Waals surface area contributed by atoms with E-state index in [1.165, 1.54) is 4.90 Å². The number of methoxy groups -OCH3 is 1. The highest BCUT2D eigenvalue weighted by Gasteiger charge is 2.40. The molecule has 31 heavy (non-hydrogen) atoms. The van der Waals surface area contributed by atoms with Crippen LogP contribution in [-0.4, -0.2) is 37.4 Å². The van der Waals surface area contributed by atoms with E-state index in [1.54, 1.807) is 24.1 Å². The number of imide groups is 1. The number of carbonyl (C=O) groups excluding carboxylic acids is 2. The first kappa shape index (κ1) is 20.4. The van der Waals surface area contributed by atoms with Crippen molar-refractivity contribution in [1.82, 2.24) is 4.90 Å². The number of ether oxygens (including phenoxy) is 1. The molecule has 156 valence electrons. The van der Waals surface area contributed by atoms with Crippen molar-refractivity contribution >= 4 is 23.1 Å². The maximum atomic E-state index is 13.4. The molecule has 3 aromatic rings. The number of hydrogen-bond donors (Lipinski definition) is 0. The van der Waals surface area contributed by atoms with Gasteiger partial charge < -0.3 is 9.64 Å². The zero-order chi connectivity index (χ0) is 21.8. The van der Waals surface area contributed by atoms with Gasteiger partial charge >= 0.3 is 0 Å². The van der Waals surface area contributed by atoms with Crippen molar-refractivity contribution in [2.45, 2.75) is 6.42 Å². The van der Waals surface area contributed by atoms with Gasteiger partial charge in [-0.2, -0.15) is 0 Å². The minimum Gasteiger partial charge on any atom is -0.497 e. The summed E-state index contributed by atoms with van der Waals surface area (Å²) in [5.74, 6) is 0.141. The van der Waals surface area contributed by atoms with Crippen molar-refractivity contribution in [1.29, 1.82) is 0 Å². The Bertz CT molecular complexity index is 1110. The lowest BCUT2D eigenvalue weighted by Gasteiger charge is -2.21. The van der Waals surface area contributed by atoms with Crippen molar-refractivity contribution in [3.05, 3.63) is 102 Å². The van der Waals surface area contributed by atoms with Gasteiger partial charge in [0.1, 0.15) is 11.4 Å². The van der Waals surface area contributed by atoms with Crippen molar-refractivity contribution < 1.29 is 14.3 Å². The molecule has 0 atom stereocenters. The lowest BCUT2D eigenvalue weighted by molar-refractivity contribution is -0.136. The highest BCUT2D eigenvalue weighted by Crippen LogP contribution is 2.34. The topological polar surface area (TPSA) is 49.9 Å². The quantitative estimate of drug-likeness (QED) is 0.547. The molecular weight excluding hydrogens is 388 g/mol. The molecule has 3 aromatic carbocycles. The minimum absolute atomic E-state index is 0.274. The molecule has 0 fully saturated rings. The van der Waals surface area contributed by atoms with E-state index >= 15 is 0 Å². The van der Waals surface area contributed by atoms with Crippen molar-refractivity contribution in [2.24, 2.45) is 0 Å². The Balaban J connectivity index is 1.71.